The van der Waals surface area contributed by atoms with Crippen LogP contribution in [-0.4, -0.2) is 20.8 Å². The third-order valence-electron chi connectivity index (χ3n) is 1.39. The third kappa shape index (κ3) is 3.30. The molecule has 1 aromatic carbocycles. The van der Waals surface area contributed by atoms with Crippen LogP contribution in [0, 0.1) is 23.5 Å². The minimum atomic E-state index is -1.93. The van der Waals surface area contributed by atoms with Crippen molar-refractivity contribution in [3.8, 4) is 0 Å². The predicted molar refractivity (Wildman–Crippen MR) is 52.9 cm³/mol. The van der Waals surface area contributed by atoms with Crippen molar-refractivity contribution >= 4 is 34.1 Å². The summed E-state index contributed by atoms with van der Waals surface area (Å²) in [5.41, 5.74) is 0. The molecular weight excluding hydrogens is 281 g/mol. The summed E-state index contributed by atoms with van der Waals surface area (Å²) in [6.07, 6.45) is 0. The number of hydrogen-bond donors (Lipinski definition) is 2. The topological polar surface area (TPSA) is 74.6 Å². The highest BCUT2D eigenvalue weighted by Crippen LogP contribution is 2.32. The SMILES string of the molecule is O=C(O)Sc1[c]c(SC(=O)O)c(F)c(F)c1F. The van der Waals surface area contributed by atoms with Gasteiger partial charge in [0.15, 0.2) is 17.5 Å². The summed E-state index contributed by atoms with van der Waals surface area (Å²) >= 11 is -0.275. The van der Waals surface area contributed by atoms with Crippen LogP contribution in [0.3, 0.4) is 0 Å². The molecule has 1 aromatic rings. The first kappa shape index (κ1) is 13.7. The zero-order chi connectivity index (χ0) is 13.2. The first-order chi connectivity index (χ1) is 7.82. The van der Waals surface area contributed by atoms with Crippen LogP contribution in [0.4, 0.5) is 22.8 Å². The van der Waals surface area contributed by atoms with E-state index >= 15 is 0 Å². The molecule has 0 aliphatic heterocycles. The Morgan fingerprint density at radius 2 is 1.24 bits per heavy atom. The van der Waals surface area contributed by atoms with Crippen LogP contribution in [-0.2, 0) is 0 Å². The van der Waals surface area contributed by atoms with Crippen molar-refractivity contribution in [1.29, 1.82) is 0 Å². The molecule has 0 bridgehead atoms. The van der Waals surface area contributed by atoms with Crippen LogP contribution in [0.5, 0.6) is 0 Å². The van der Waals surface area contributed by atoms with E-state index in [0.717, 1.165) is 0 Å². The van der Waals surface area contributed by atoms with Crippen LogP contribution in [0.2, 0.25) is 0 Å². The number of thioether (sulfide) groups is 2. The predicted octanol–water partition coefficient (Wildman–Crippen LogP) is 3.44. The molecule has 9 heteroatoms. The van der Waals surface area contributed by atoms with Gasteiger partial charge in [-0.25, -0.2) is 22.8 Å². The van der Waals surface area contributed by atoms with Crippen LogP contribution in [0.15, 0.2) is 9.79 Å². The Bertz CT molecular complexity index is 452. The highest BCUT2D eigenvalue weighted by molar-refractivity contribution is 8.13. The van der Waals surface area contributed by atoms with Gasteiger partial charge in [-0.15, -0.1) is 0 Å². The average Bonchev–Trinajstić information content (AvgIpc) is 2.20. The minimum absolute atomic E-state index is 0.138. The van der Waals surface area contributed by atoms with Crippen LogP contribution in [0.25, 0.3) is 0 Å². The lowest BCUT2D eigenvalue weighted by molar-refractivity contribution is 0.221. The molecule has 0 spiro atoms. The zero-order valence-electron chi connectivity index (χ0n) is 7.66. The van der Waals surface area contributed by atoms with Gasteiger partial charge >= 0.3 is 10.6 Å². The lowest BCUT2D eigenvalue weighted by Gasteiger charge is -2.05. The first-order valence-corrected chi connectivity index (χ1v) is 5.37. The maximum Gasteiger partial charge on any atom is 0.369 e. The Hall–Kier alpha value is -1.35. The van der Waals surface area contributed by atoms with Crippen molar-refractivity contribution in [3.05, 3.63) is 23.5 Å². The lowest BCUT2D eigenvalue weighted by atomic mass is 10.3. The monoisotopic (exact) mass is 283 g/mol. The molecule has 1 rings (SSSR count). The Labute approximate surface area is 101 Å². The summed E-state index contributed by atoms with van der Waals surface area (Å²) in [5.74, 6) is -5.37. The van der Waals surface area contributed by atoms with E-state index in [1.54, 1.807) is 0 Å². The highest BCUT2D eigenvalue weighted by Gasteiger charge is 2.22. The van der Waals surface area contributed by atoms with E-state index in [-0.39, 0.29) is 23.5 Å². The molecule has 0 aromatic heterocycles. The summed E-state index contributed by atoms with van der Waals surface area (Å²) in [4.78, 5) is 18.9. The molecule has 0 unspecified atom stereocenters. The van der Waals surface area contributed by atoms with Gasteiger partial charge in [-0.05, 0) is 23.5 Å². The van der Waals surface area contributed by atoms with Gasteiger partial charge in [0.25, 0.3) is 0 Å². The van der Waals surface area contributed by atoms with Crippen molar-refractivity contribution in [2.45, 2.75) is 9.79 Å². The normalized spacial score (nSPS) is 10.3. The maximum absolute atomic E-state index is 13.1. The molecular formula is C8H2F3O4S2. The second-order valence-corrected chi connectivity index (χ2v) is 4.38. The standard InChI is InChI=1S/C8H2F3O4S2/c9-4-2(16-7(12)13)1-3(17-8(14)15)5(10)6(4)11/h(H,12,13)(H,14,15). The summed E-state index contributed by atoms with van der Waals surface area (Å²) < 4.78 is 39.1. The van der Waals surface area contributed by atoms with E-state index in [1.807, 2.05) is 6.07 Å². The van der Waals surface area contributed by atoms with Gasteiger partial charge in [0, 0.05) is 6.07 Å². The maximum atomic E-state index is 13.1. The number of carbonyl (C=O) groups is 2. The number of benzene rings is 1. The number of carboxylic acid groups (broad SMARTS) is 2. The van der Waals surface area contributed by atoms with Gasteiger partial charge in [-0.1, -0.05) is 0 Å². The van der Waals surface area contributed by atoms with E-state index in [1.165, 1.54) is 0 Å². The largest absolute Gasteiger partial charge is 0.473 e. The van der Waals surface area contributed by atoms with E-state index in [4.69, 9.17) is 10.2 Å². The average molecular weight is 283 g/mol. The van der Waals surface area contributed by atoms with Crippen molar-refractivity contribution < 1.29 is 33.0 Å². The zero-order valence-corrected chi connectivity index (χ0v) is 9.29. The summed E-state index contributed by atoms with van der Waals surface area (Å²) in [6, 6.07) is 1.86. The number of hydrogen-bond acceptors (Lipinski definition) is 4. The summed E-state index contributed by atoms with van der Waals surface area (Å²) in [5, 5.41) is 13.6. The van der Waals surface area contributed by atoms with Crippen molar-refractivity contribution in [2.75, 3.05) is 0 Å². The Morgan fingerprint density at radius 1 is 0.882 bits per heavy atom. The molecule has 0 aliphatic rings. The molecule has 0 atom stereocenters. The smallest absolute Gasteiger partial charge is 0.369 e. The molecule has 0 aliphatic carbocycles. The second-order valence-electron chi connectivity index (χ2n) is 2.46. The Balaban J connectivity index is 3.28. The fourth-order valence-electron chi connectivity index (χ4n) is 0.824. The number of halogens is 3. The molecule has 91 valence electrons. The molecule has 4 nitrogen and oxygen atoms in total. The molecule has 0 amide bonds. The van der Waals surface area contributed by atoms with Gasteiger partial charge in [0.2, 0.25) is 0 Å². The fraction of sp³-hybridized carbons (Fsp3) is 0. The molecule has 2 N–H and O–H groups in total. The Kier molecular flexibility index (Phi) is 4.29. The molecule has 1 radical (unpaired) electrons. The Morgan fingerprint density at radius 3 is 1.53 bits per heavy atom. The third-order valence-corrected chi connectivity index (χ3v) is 2.71. The van der Waals surface area contributed by atoms with Gasteiger partial charge in [0.1, 0.15) is 0 Å². The van der Waals surface area contributed by atoms with Crippen LogP contribution >= 0.6 is 23.5 Å². The summed E-state index contributed by atoms with van der Waals surface area (Å²) in [7, 11) is 0. The van der Waals surface area contributed by atoms with Gasteiger partial charge in [-0.3, -0.25) is 0 Å². The minimum Gasteiger partial charge on any atom is -0.473 e. The molecule has 0 fully saturated rings. The number of rotatable bonds is 2. The lowest BCUT2D eigenvalue weighted by Crippen LogP contribution is -1.99. The van der Waals surface area contributed by atoms with Crippen molar-refractivity contribution in [2.24, 2.45) is 0 Å². The molecule has 0 saturated heterocycles. The van der Waals surface area contributed by atoms with E-state index < -0.39 is 37.8 Å². The molecule has 17 heavy (non-hydrogen) atoms. The van der Waals surface area contributed by atoms with Crippen LogP contribution < -0.4 is 0 Å². The quantitative estimate of drug-likeness (QED) is 0.639. The van der Waals surface area contributed by atoms with Crippen LogP contribution in [0.1, 0.15) is 0 Å². The molecule has 0 heterocycles. The first-order valence-electron chi connectivity index (χ1n) is 3.74. The highest BCUT2D eigenvalue weighted by atomic mass is 32.2. The van der Waals surface area contributed by atoms with E-state index in [9.17, 15) is 22.8 Å². The molecule has 0 saturated carbocycles. The fourth-order valence-corrected chi connectivity index (χ4v) is 1.90. The second kappa shape index (κ2) is 5.32. The van der Waals surface area contributed by atoms with Gasteiger partial charge < -0.3 is 10.2 Å². The van der Waals surface area contributed by atoms with E-state index in [0.29, 0.717) is 0 Å². The van der Waals surface area contributed by atoms with Crippen molar-refractivity contribution in [3.63, 3.8) is 0 Å². The van der Waals surface area contributed by atoms with Crippen molar-refractivity contribution in [1.82, 2.24) is 0 Å². The van der Waals surface area contributed by atoms with Gasteiger partial charge in [-0.2, -0.15) is 0 Å². The summed E-state index contributed by atoms with van der Waals surface area (Å²) in [6.45, 7) is 0. The van der Waals surface area contributed by atoms with Gasteiger partial charge in [0.05, 0.1) is 9.79 Å². The van der Waals surface area contributed by atoms with E-state index in [2.05, 4.69) is 0 Å².